The quantitative estimate of drug-likeness (QED) is 0.768. The number of carbonyl (C=O) groups excluding carboxylic acids is 2. The number of nitrogens with zero attached hydrogens (tertiary/aromatic N) is 1. The van der Waals surface area contributed by atoms with Crippen LogP contribution in [0.5, 0.6) is 0 Å². The molecule has 7 heteroatoms. The van der Waals surface area contributed by atoms with E-state index in [1.807, 2.05) is 13.0 Å². The third-order valence-corrected chi connectivity index (χ3v) is 4.91. The van der Waals surface area contributed by atoms with Crippen molar-refractivity contribution in [2.45, 2.75) is 44.9 Å². The zero-order chi connectivity index (χ0) is 17.8. The van der Waals surface area contributed by atoms with Gasteiger partial charge in [-0.2, -0.15) is 0 Å². The Labute approximate surface area is 149 Å². The molecule has 0 saturated heterocycles. The van der Waals surface area contributed by atoms with Crippen LogP contribution < -0.4 is 10.2 Å². The number of hydrogen-bond donors (Lipinski definition) is 1. The molecule has 0 radical (unpaired) electrons. The van der Waals surface area contributed by atoms with Gasteiger partial charge in [-0.25, -0.2) is 0 Å². The van der Waals surface area contributed by atoms with Crippen LogP contribution in [0.15, 0.2) is 40.5 Å². The van der Waals surface area contributed by atoms with E-state index in [0.717, 1.165) is 29.9 Å². The van der Waals surface area contributed by atoms with E-state index in [1.54, 1.807) is 29.6 Å². The highest BCUT2D eigenvalue weighted by molar-refractivity contribution is 7.07. The van der Waals surface area contributed by atoms with Crippen molar-refractivity contribution in [2.75, 3.05) is 0 Å². The Balaban J connectivity index is 1.65. The van der Waals surface area contributed by atoms with Crippen molar-refractivity contribution in [1.29, 1.82) is 0 Å². The fourth-order valence-electron chi connectivity index (χ4n) is 2.47. The molecule has 1 unspecified atom stereocenters. The third-order valence-electron chi connectivity index (χ3n) is 4.03. The van der Waals surface area contributed by atoms with E-state index in [1.165, 1.54) is 4.57 Å². The van der Waals surface area contributed by atoms with Gasteiger partial charge in [0.25, 0.3) is 5.91 Å². The van der Waals surface area contributed by atoms with Gasteiger partial charge in [-0.05, 0) is 19.8 Å². The summed E-state index contributed by atoms with van der Waals surface area (Å²) >= 11 is 1.10. The van der Waals surface area contributed by atoms with Crippen molar-refractivity contribution in [3.05, 3.63) is 56.6 Å². The van der Waals surface area contributed by atoms with Crippen molar-refractivity contribution in [3.63, 3.8) is 0 Å². The number of carbonyl (C=O) groups is 2. The maximum atomic E-state index is 12.4. The smallest absolute Gasteiger partial charge is 0.308 e. The van der Waals surface area contributed by atoms with Gasteiger partial charge in [-0.15, -0.1) is 0 Å². The van der Waals surface area contributed by atoms with Crippen molar-refractivity contribution < 1.29 is 14.3 Å². The highest BCUT2D eigenvalue weighted by Crippen LogP contribution is 2.23. The summed E-state index contributed by atoms with van der Waals surface area (Å²) in [5, 5.41) is 4.63. The van der Waals surface area contributed by atoms with Crippen molar-refractivity contribution in [3.8, 4) is 0 Å². The van der Waals surface area contributed by atoms with Crippen LogP contribution in [0.1, 0.15) is 36.6 Å². The molecule has 1 N–H and O–H groups in total. The first-order valence-electron chi connectivity index (χ1n) is 8.24. The first kappa shape index (κ1) is 17.4. The van der Waals surface area contributed by atoms with Gasteiger partial charge in [0.1, 0.15) is 0 Å². The second-order valence-corrected chi connectivity index (χ2v) is 6.93. The molecule has 2 aromatic rings. The number of thiazole rings is 1. The minimum Gasteiger partial charge on any atom is -0.447 e. The summed E-state index contributed by atoms with van der Waals surface area (Å²) in [5.41, 5.74) is 1.45. The summed E-state index contributed by atoms with van der Waals surface area (Å²) in [7, 11) is 0. The zero-order valence-corrected chi connectivity index (χ0v) is 14.8. The summed E-state index contributed by atoms with van der Waals surface area (Å²) in [6, 6.07) is 9.15. The van der Waals surface area contributed by atoms with E-state index >= 15 is 0 Å². The number of esters is 1. The Hall–Kier alpha value is -2.41. The van der Waals surface area contributed by atoms with Crippen LogP contribution in [0, 0.1) is 6.92 Å². The molecule has 1 aliphatic carbocycles. The van der Waals surface area contributed by atoms with Crippen LogP contribution in [-0.2, 0) is 20.9 Å². The third kappa shape index (κ3) is 4.57. The number of rotatable bonds is 7. The highest BCUT2D eigenvalue weighted by Gasteiger charge is 2.30. The van der Waals surface area contributed by atoms with E-state index in [-0.39, 0.29) is 29.8 Å². The maximum absolute atomic E-state index is 12.4. The first-order valence-corrected chi connectivity index (χ1v) is 9.12. The Morgan fingerprint density at radius 2 is 2.04 bits per heavy atom. The number of hydrogen-bond acceptors (Lipinski definition) is 5. The first-order chi connectivity index (χ1) is 12.0. The van der Waals surface area contributed by atoms with Gasteiger partial charge in [0.15, 0.2) is 0 Å². The SMILES string of the molecule is Cc1csc(=O)n1CCC(=O)OC(C(=O)NC1CC1)c1ccccc1. The summed E-state index contributed by atoms with van der Waals surface area (Å²) < 4.78 is 6.98. The second-order valence-electron chi connectivity index (χ2n) is 6.11. The van der Waals surface area contributed by atoms with Gasteiger partial charge in [0.2, 0.25) is 6.10 Å². The molecule has 1 atom stereocenters. The predicted molar refractivity (Wildman–Crippen MR) is 94.4 cm³/mol. The average molecular weight is 360 g/mol. The van der Waals surface area contributed by atoms with Crippen LogP contribution in [0.4, 0.5) is 0 Å². The molecule has 3 rings (SSSR count). The monoisotopic (exact) mass is 360 g/mol. The van der Waals surface area contributed by atoms with E-state index < -0.39 is 12.1 Å². The molecular formula is C18H20N2O4S. The van der Waals surface area contributed by atoms with Crippen LogP contribution in [-0.4, -0.2) is 22.5 Å². The second kappa shape index (κ2) is 7.65. The molecule has 6 nitrogen and oxygen atoms in total. The van der Waals surface area contributed by atoms with Gasteiger partial charge in [-0.1, -0.05) is 41.7 Å². The molecular weight excluding hydrogens is 340 g/mol. The molecule has 1 aromatic heterocycles. The van der Waals surface area contributed by atoms with Gasteiger partial charge in [0.05, 0.1) is 6.42 Å². The largest absolute Gasteiger partial charge is 0.447 e. The Morgan fingerprint density at radius 3 is 2.64 bits per heavy atom. The maximum Gasteiger partial charge on any atom is 0.308 e. The van der Waals surface area contributed by atoms with E-state index in [4.69, 9.17) is 4.74 Å². The van der Waals surface area contributed by atoms with Crippen molar-refractivity contribution in [2.24, 2.45) is 0 Å². The van der Waals surface area contributed by atoms with Gasteiger partial charge in [-0.3, -0.25) is 14.4 Å². The van der Waals surface area contributed by atoms with Crippen LogP contribution in [0.3, 0.4) is 0 Å². The number of benzene rings is 1. The van der Waals surface area contributed by atoms with Crippen LogP contribution >= 0.6 is 11.3 Å². The summed E-state index contributed by atoms with van der Waals surface area (Å²) in [6.07, 6.45) is 0.996. The summed E-state index contributed by atoms with van der Waals surface area (Å²) in [5.74, 6) is -0.803. The van der Waals surface area contributed by atoms with Crippen LogP contribution in [0.25, 0.3) is 0 Å². The lowest BCUT2D eigenvalue weighted by atomic mass is 10.1. The molecule has 1 aromatic carbocycles. The Bertz CT molecular complexity index is 808. The number of nitrogens with one attached hydrogen (secondary N) is 1. The molecule has 1 heterocycles. The minimum atomic E-state index is -0.963. The molecule has 25 heavy (non-hydrogen) atoms. The predicted octanol–water partition coefficient (Wildman–Crippen LogP) is 2.17. The molecule has 0 aliphatic heterocycles. The van der Waals surface area contributed by atoms with E-state index in [2.05, 4.69) is 5.32 Å². The molecule has 0 bridgehead atoms. The zero-order valence-electron chi connectivity index (χ0n) is 13.9. The number of aromatic nitrogens is 1. The lowest BCUT2D eigenvalue weighted by Gasteiger charge is -2.18. The lowest BCUT2D eigenvalue weighted by Crippen LogP contribution is -2.33. The average Bonchev–Trinajstić information content (AvgIpc) is 3.36. The molecule has 1 fully saturated rings. The van der Waals surface area contributed by atoms with Gasteiger partial charge < -0.3 is 14.6 Å². The number of aryl methyl sites for hydroxylation is 1. The normalized spacial score (nSPS) is 14.8. The van der Waals surface area contributed by atoms with Gasteiger partial charge in [0, 0.05) is 29.2 Å². The molecule has 1 aliphatic rings. The van der Waals surface area contributed by atoms with E-state index in [0.29, 0.717) is 5.56 Å². The topological polar surface area (TPSA) is 77.4 Å². The van der Waals surface area contributed by atoms with E-state index in [9.17, 15) is 14.4 Å². The van der Waals surface area contributed by atoms with Crippen molar-refractivity contribution in [1.82, 2.24) is 9.88 Å². The fourth-order valence-corrected chi connectivity index (χ4v) is 3.23. The molecule has 1 amide bonds. The molecule has 132 valence electrons. The Morgan fingerprint density at radius 1 is 1.32 bits per heavy atom. The molecule has 0 spiro atoms. The minimum absolute atomic E-state index is 0.0392. The number of amides is 1. The highest BCUT2D eigenvalue weighted by atomic mass is 32.1. The summed E-state index contributed by atoms with van der Waals surface area (Å²) in [4.78, 5) is 36.3. The lowest BCUT2D eigenvalue weighted by molar-refractivity contribution is -0.156. The Kier molecular flexibility index (Phi) is 5.33. The fraction of sp³-hybridized carbons (Fsp3) is 0.389. The van der Waals surface area contributed by atoms with Crippen molar-refractivity contribution >= 4 is 23.2 Å². The molecule has 1 saturated carbocycles. The van der Waals surface area contributed by atoms with Crippen LogP contribution in [0.2, 0.25) is 0 Å². The van der Waals surface area contributed by atoms with Gasteiger partial charge >= 0.3 is 10.8 Å². The number of ether oxygens (including phenoxy) is 1. The standard InChI is InChI=1S/C18H20N2O4S/c1-12-11-25-18(23)20(12)10-9-15(21)24-16(13-5-3-2-4-6-13)17(22)19-14-7-8-14/h2-6,11,14,16H,7-10H2,1H3,(H,19,22). The summed E-state index contributed by atoms with van der Waals surface area (Å²) in [6.45, 7) is 2.07.